The van der Waals surface area contributed by atoms with Gasteiger partial charge in [0.05, 0.1) is 54.7 Å². The van der Waals surface area contributed by atoms with Gasteiger partial charge in [0.1, 0.15) is 40.2 Å². The highest BCUT2D eigenvalue weighted by molar-refractivity contribution is 6.02. The van der Waals surface area contributed by atoms with Crippen LogP contribution in [0.5, 0.6) is 34.5 Å². The van der Waals surface area contributed by atoms with Crippen molar-refractivity contribution in [1.82, 2.24) is 10.3 Å². The van der Waals surface area contributed by atoms with E-state index in [1.807, 2.05) is 72.8 Å². The molecule has 0 spiro atoms. The molecule has 2 saturated carbocycles. The van der Waals surface area contributed by atoms with Gasteiger partial charge in [0.25, 0.3) is 5.91 Å². The number of carbonyl (C=O) groups excluding carboxylic acids is 4. The summed E-state index contributed by atoms with van der Waals surface area (Å²) in [6, 6.07) is 48.2. The standard InChI is InChI=1S/C33H31N3O6.C28H30N2O5/c37-31(36-29-6-2-1-5-28(29)33(39)40)21-22-8-12-24(13-9-22)41-26-16-18-27(19-17-26)42-25-14-10-23(11-15-25)35-32(38)30-7-3-4-20-34-30;1-33-28(32)25-4-2-3-5-26(25)30-27(31)18-19-6-10-21(11-7-19)34-23-14-16-24(17-15-23)35-22-12-8-20(29)9-13-22/h1-9,12-13,16-20,23,25H,10-11,14-15,21H2,(H,35,38)(H,36,37)(H,39,40);2-7,10-11,14-17,20,22H,8-9,12-13,18,29H2,1H3,(H,30,31). The summed E-state index contributed by atoms with van der Waals surface area (Å²) in [7, 11) is 1.31. The Bertz CT molecular complexity index is 3070. The highest BCUT2D eigenvalue weighted by atomic mass is 16.5. The number of carboxylic acid groups (broad SMARTS) is 1. The van der Waals surface area contributed by atoms with Gasteiger partial charge in [-0.1, -0.05) is 54.6 Å². The molecule has 0 saturated heterocycles. The van der Waals surface area contributed by atoms with E-state index in [0.717, 1.165) is 74.0 Å². The Hall–Kier alpha value is -9.02. The van der Waals surface area contributed by atoms with Crippen molar-refractivity contribution in [1.29, 1.82) is 0 Å². The topological polar surface area (TPSA) is 227 Å². The zero-order valence-electron chi connectivity index (χ0n) is 42.6. The molecule has 1 heterocycles. The van der Waals surface area contributed by atoms with Crippen LogP contribution < -0.4 is 40.6 Å². The number of pyridine rings is 1. The number of carboxylic acids is 1. The summed E-state index contributed by atoms with van der Waals surface area (Å²) in [4.78, 5) is 64.6. The number of benzene rings is 6. The number of hydrogen-bond donors (Lipinski definition) is 5. The SMILES string of the molecule is COC(=O)c1ccccc1NC(=O)Cc1ccc(Oc2ccc(OC3CCC(N)CC3)cc2)cc1.O=C(Cc1ccc(Oc2ccc(OC3CCC(NC(=O)c4ccccn4)CC3)cc2)cc1)Nc1ccccc1C(=O)O. The smallest absolute Gasteiger partial charge is 0.339 e. The molecule has 0 bridgehead atoms. The van der Waals surface area contributed by atoms with E-state index in [1.54, 1.807) is 91.1 Å². The summed E-state index contributed by atoms with van der Waals surface area (Å²) in [5, 5.41) is 17.8. The van der Waals surface area contributed by atoms with Crippen LogP contribution in [0.4, 0.5) is 11.4 Å². The lowest BCUT2D eigenvalue weighted by Gasteiger charge is -2.29. The molecular formula is C61H61N5O11. The largest absolute Gasteiger partial charge is 0.490 e. The fourth-order valence-corrected chi connectivity index (χ4v) is 8.89. The van der Waals surface area contributed by atoms with Crippen LogP contribution in [0, 0.1) is 0 Å². The van der Waals surface area contributed by atoms with Gasteiger partial charge in [-0.15, -0.1) is 0 Å². The Morgan fingerprint density at radius 3 is 1.39 bits per heavy atom. The monoisotopic (exact) mass is 1040 g/mol. The van der Waals surface area contributed by atoms with Crippen LogP contribution in [-0.4, -0.2) is 71.2 Å². The lowest BCUT2D eigenvalue weighted by atomic mass is 9.93. The minimum absolute atomic E-state index is 0.0425. The second-order valence-electron chi connectivity index (χ2n) is 18.7. The predicted octanol–water partition coefficient (Wildman–Crippen LogP) is 11.0. The zero-order chi connectivity index (χ0) is 53.9. The van der Waals surface area contributed by atoms with E-state index in [9.17, 15) is 29.1 Å². The van der Waals surface area contributed by atoms with Gasteiger partial charge in [0.2, 0.25) is 11.8 Å². The van der Waals surface area contributed by atoms with E-state index in [-0.39, 0.29) is 60.1 Å². The number of carbonyl (C=O) groups is 5. The van der Waals surface area contributed by atoms with Crippen molar-refractivity contribution in [2.24, 2.45) is 5.73 Å². The quantitative estimate of drug-likeness (QED) is 0.0505. The van der Waals surface area contributed by atoms with Crippen LogP contribution in [0.15, 0.2) is 170 Å². The summed E-state index contributed by atoms with van der Waals surface area (Å²) in [6.07, 6.45) is 9.55. The number of rotatable bonds is 18. The maximum atomic E-state index is 12.5. The summed E-state index contributed by atoms with van der Waals surface area (Å²) >= 11 is 0. The highest BCUT2D eigenvalue weighted by Gasteiger charge is 2.25. The first-order valence-electron chi connectivity index (χ1n) is 25.6. The molecule has 9 rings (SSSR count). The van der Waals surface area contributed by atoms with E-state index in [2.05, 4.69) is 20.9 Å². The van der Waals surface area contributed by atoms with Crippen molar-refractivity contribution < 1.29 is 52.8 Å². The number of aromatic carboxylic acids is 1. The van der Waals surface area contributed by atoms with Gasteiger partial charge < -0.3 is 50.5 Å². The number of aromatic nitrogens is 1. The number of amides is 3. The van der Waals surface area contributed by atoms with Gasteiger partial charge in [-0.05, 0) is 172 Å². The van der Waals surface area contributed by atoms with Crippen molar-refractivity contribution in [3.8, 4) is 34.5 Å². The van der Waals surface area contributed by atoms with Gasteiger partial charge in [0.15, 0.2) is 0 Å². The van der Waals surface area contributed by atoms with Crippen LogP contribution in [-0.2, 0) is 27.2 Å². The maximum absolute atomic E-state index is 12.5. The number of hydrogen-bond acceptors (Lipinski definition) is 12. The number of methoxy groups -OCH3 is 1. The minimum atomic E-state index is -1.10. The molecular weight excluding hydrogens is 979 g/mol. The third-order valence-corrected chi connectivity index (χ3v) is 13.0. The molecule has 0 radical (unpaired) electrons. The zero-order valence-corrected chi connectivity index (χ0v) is 42.6. The van der Waals surface area contributed by atoms with Crippen molar-refractivity contribution in [3.63, 3.8) is 0 Å². The molecule has 2 aliphatic carbocycles. The number of nitrogens with two attached hydrogens (primary N) is 1. The number of anilines is 2. The molecule has 6 N–H and O–H groups in total. The second-order valence-corrected chi connectivity index (χ2v) is 18.7. The number of para-hydroxylation sites is 2. The summed E-state index contributed by atoms with van der Waals surface area (Å²) in [5.41, 5.74) is 9.01. The van der Waals surface area contributed by atoms with Crippen molar-refractivity contribution >= 4 is 41.0 Å². The lowest BCUT2D eigenvalue weighted by molar-refractivity contribution is -0.116. The molecule has 0 aliphatic heterocycles. The van der Waals surface area contributed by atoms with Gasteiger partial charge in [-0.25, -0.2) is 9.59 Å². The lowest BCUT2D eigenvalue weighted by Crippen LogP contribution is -2.40. The molecule has 2 fully saturated rings. The van der Waals surface area contributed by atoms with E-state index in [0.29, 0.717) is 46.0 Å². The second kappa shape index (κ2) is 27.0. The minimum Gasteiger partial charge on any atom is -0.490 e. The van der Waals surface area contributed by atoms with Crippen molar-refractivity contribution in [2.75, 3.05) is 17.7 Å². The van der Waals surface area contributed by atoms with Gasteiger partial charge in [-0.3, -0.25) is 19.4 Å². The molecule has 2 aliphatic rings. The maximum Gasteiger partial charge on any atom is 0.339 e. The number of nitrogens with one attached hydrogen (secondary N) is 3. The Labute approximate surface area is 446 Å². The number of nitrogens with zero attached hydrogens (tertiary/aromatic N) is 1. The van der Waals surface area contributed by atoms with Crippen molar-refractivity contribution in [3.05, 3.63) is 198 Å². The molecule has 16 nitrogen and oxygen atoms in total. The first-order chi connectivity index (χ1) is 37.4. The summed E-state index contributed by atoms with van der Waals surface area (Å²) in [6.45, 7) is 0. The van der Waals surface area contributed by atoms with E-state index in [4.69, 9.17) is 29.4 Å². The van der Waals surface area contributed by atoms with Crippen LogP contribution in [0.2, 0.25) is 0 Å². The third-order valence-electron chi connectivity index (χ3n) is 13.0. The van der Waals surface area contributed by atoms with Crippen LogP contribution in [0.3, 0.4) is 0 Å². The molecule has 0 atom stereocenters. The van der Waals surface area contributed by atoms with Crippen molar-refractivity contribution in [2.45, 2.75) is 88.5 Å². The van der Waals surface area contributed by atoms with E-state index >= 15 is 0 Å². The molecule has 3 amide bonds. The van der Waals surface area contributed by atoms with Gasteiger partial charge >= 0.3 is 11.9 Å². The van der Waals surface area contributed by atoms with Crippen LogP contribution in [0.1, 0.15) is 93.7 Å². The molecule has 6 aromatic carbocycles. The molecule has 77 heavy (non-hydrogen) atoms. The van der Waals surface area contributed by atoms with Gasteiger partial charge in [0, 0.05) is 18.3 Å². The Kier molecular flexibility index (Phi) is 19.0. The normalized spacial score (nSPS) is 16.7. The molecule has 396 valence electrons. The average Bonchev–Trinajstić information content (AvgIpc) is 3.44. The van der Waals surface area contributed by atoms with Crippen LogP contribution in [0.25, 0.3) is 0 Å². The molecule has 0 unspecified atom stereocenters. The fraction of sp³-hybridized carbons (Fsp3) is 0.246. The fourth-order valence-electron chi connectivity index (χ4n) is 8.89. The van der Waals surface area contributed by atoms with E-state index < -0.39 is 11.9 Å². The average molecular weight is 1040 g/mol. The number of ether oxygens (including phenoxy) is 5. The summed E-state index contributed by atoms with van der Waals surface area (Å²) < 4.78 is 28.9. The Balaban J connectivity index is 0.000000207. The summed E-state index contributed by atoms with van der Waals surface area (Å²) in [5.74, 6) is 1.94. The third kappa shape index (κ3) is 16.5. The van der Waals surface area contributed by atoms with E-state index in [1.165, 1.54) is 13.2 Å². The first-order valence-corrected chi connectivity index (χ1v) is 25.6. The Morgan fingerprint density at radius 1 is 0.519 bits per heavy atom. The Morgan fingerprint density at radius 2 is 0.935 bits per heavy atom. The predicted molar refractivity (Wildman–Crippen MR) is 291 cm³/mol. The van der Waals surface area contributed by atoms with Gasteiger partial charge in [-0.2, -0.15) is 0 Å². The first kappa shape index (κ1) is 54.2. The number of esters is 1. The molecule has 16 heteroatoms. The van der Waals surface area contributed by atoms with Crippen LogP contribution >= 0.6 is 0 Å². The molecule has 7 aromatic rings. The molecule has 1 aromatic heterocycles. The highest BCUT2D eigenvalue weighted by Crippen LogP contribution is 2.30.